The maximum Gasteiger partial charge on any atom is 0.317 e. The fourth-order valence-electron chi connectivity index (χ4n) is 2.65. The first-order valence-corrected chi connectivity index (χ1v) is 8.60. The molecule has 1 aromatic heterocycles. The highest BCUT2D eigenvalue weighted by atomic mass is 79.9. The molecular weight excluding hydrogens is 356 g/mol. The van der Waals surface area contributed by atoms with Crippen molar-refractivity contribution < 1.29 is 14.7 Å². The summed E-state index contributed by atoms with van der Waals surface area (Å²) in [6.07, 6.45) is 2.66. The highest BCUT2D eigenvalue weighted by Gasteiger charge is 2.25. The van der Waals surface area contributed by atoms with Gasteiger partial charge in [-0.3, -0.25) is 14.5 Å². The van der Waals surface area contributed by atoms with Crippen LogP contribution in [0.3, 0.4) is 0 Å². The van der Waals surface area contributed by atoms with Gasteiger partial charge in [0, 0.05) is 29.0 Å². The number of rotatable bonds is 4. The summed E-state index contributed by atoms with van der Waals surface area (Å²) in [5.74, 6) is -0.731. The van der Waals surface area contributed by atoms with Crippen LogP contribution in [0, 0.1) is 0 Å². The molecule has 1 fully saturated rings. The predicted molar refractivity (Wildman–Crippen MR) is 85.8 cm³/mol. The second-order valence-corrected chi connectivity index (χ2v) is 7.14. The lowest BCUT2D eigenvalue weighted by Crippen LogP contribution is -2.37. The molecule has 1 aliphatic heterocycles. The van der Waals surface area contributed by atoms with E-state index < -0.39 is 5.97 Å². The van der Waals surface area contributed by atoms with Crippen LogP contribution < -0.4 is 0 Å². The summed E-state index contributed by atoms with van der Waals surface area (Å²) in [5, 5.41) is 10.8. The second kappa shape index (κ2) is 7.38. The zero-order valence-electron chi connectivity index (χ0n) is 11.9. The number of likely N-dealkylation sites (N-methyl/N-ethyl adjacent to an activating group) is 1. The Bertz CT molecular complexity index is 520. The standard InChI is InChI=1S/C14H19BrN2O3S/c1-16(8-13(18)19)11-3-2-5-17(6-4-11)14(20)12-7-10(15)9-21-12/h7,9,11H,2-6,8H2,1H3,(H,18,19). The SMILES string of the molecule is CN(CC(=O)O)C1CCCN(C(=O)c2cc(Br)cs2)CC1. The first kappa shape index (κ1) is 16.5. The summed E-state index contributed by atoms with van der Waals surface area (Å²) in [4.78, 5) is 27.7. The molecule has 0 saturated carbocycles. The van der Waals surface area contributed by atoms with Crippen LogP contribution in [-0.4, -0.2) is 59.5 Å². The van der Waals surface area contributed by atoms with Crippen molar-refractivity contribution in [1.82, 2.24) is 9.80 Å². The van der Waals surface area contributed by atoms with Gasteiger partial charge in [0.05, 0.1) is 11.4 Å². The van der Waals surface area contributed by atoms with Crippen LogP contribution in [0.25, 0.3) is 0 Å². The summed E-state index contributed by atoms with van der Waals surface area (Å²) in [6.45, 7) is 1.48. The van der Waals surface area contributed by atoms with E-state index in [1.807, 2.05) is 28.3 Å². The van der Waals surface area contributed by atoms with Crippen LogP contribution >= 0.6 is 27.3 Å². The zero-order chi connectivity index (χ0) is 15.4. The van der Waals surface area contributed by atoms with Crippen LogP contribution in [0.1, 0.15) is 28.9 Å². The topological polar surface area (TPSA) is 60.9 Å². The van der Waals surface area contributed by atoms with E-state index in [1.54, 1.807) is 0 Å². The number of carboxylic acid groups (broad SMARTS) is 1. The van der Waals surface area contributed by atoms with Crippen LogP contribution in [0.2, 0.25) is 0 Å². The van der Waals surface area contributed by atoms with Gasteiger partial charge in [-0.15, -0.1) is 11.3 Å². The zero-order valence-corrected chi connectivity index (χ0v) is 14.3. The van der Waals surface area contributed by atoms with Gasteiger partial charge in [0.15, 0.2) is 0 Å². The third kappa shape index (κ3) is 4.52. The van der Waals surface area contributed by atoms with Crippen molar-refractivity contribution >= 4 is 39.1 Å². The first-order chi connectivity index (χ1) is 9.97. The molecule has 0 radical (unpaired) electrons. The molecule has 0 spiro atoms. The number of hydrogen-bond acceptors (Lipinski definition) is 4. The fraction of sp³-hybridized carbons (Fsp3) is 0.571. The van der Waals surface area contributed by atoms with Crippen molar-refractivity contribution in [2.75, 3.05) is 26.7 Å². The molecule has 2 rings (SSSR count). The lowest BCUT2D eigenvalue weighted by Gasteiger charge is -2.25. The minimum absolute atomic E-state index is 0.0521. The Balaban J connectivity index is 1.94. The quantitative estimate of drug-likeness (QED) is 0.879. The van der Waals surface area contributed by atoms with Gasteiger partial charge in [0.2, 0.25) is 0 Å². The van der Waals surface area contributed by atoms with Gasteiger partial charge in [0.1, 0.15) is 0 Å². The van der Waals surface area contributed by atoms with Crippen molar-refractivity contribution in [3.05, 3.63) is 20.8 Å². The summed E-state index contributed by atoms with van der Waals surface area (Å²) < 4.78 is 0.935. The number of carbonyl (C=O) groups is 2. The van der Waals surface area contributed by atoms with Crippen molar-refractivity contribution in [2.45, 2.75) is 25.3 Å². The lowest BCUT2D eigenvalue weighted by atomic mass is 10.1. The molecule has 2 heterocycles. The molecule has 1 aromatic rings. The second-order valence-electron chi connectivity index (χ2n) is 5.31. The Morgan fingerprint density at radius 2 is 2.24 bits per heavy atom. The lowest BCUT2D eigenvalue weighted by molar-refractivity contribution is -0.138. The Hall–Kier alpha value is -0.920. The molecule has 0 bridgehead atoms. The molecule has 1 aliphatic rings. The summed E-state index contributed by atoms with van der Waals surface area (Å²) in [7, 11) is 1.84. The first-order valence-electron chi connectivity index (χ1n) is 6.92. The number of likely N-dealkylation sites (tertiary alicyclic amines) is 1. The van der Waals surface area contributed by atoms with Crippen LogP contribution in [0.15, 0.2) is 15.9 Å². The molecule has 1 unspecified atom stereocenters. The highest BCUT2D eigenvalue weighted by molar-refractivity contribution is 9.10. The molecule has 21 heavy (non-hydrogen) atoms. The molecule has 1 N–H and O–H groups in total. The van der Waals surface area contributed by atoms with E-state index in [2.05, 4.69) is 15.9 Å². The normalized spacial score (nSPS) is 19.6. The average Bonchev–Trinajstić information content (AvgIpc) is 2.71. The third-order valence-corrected chi connectivity index (χ3v) is 5.45. The van der Waals surface area contributed by atoms with Crippen molar-refractivity contribution in [2.24, 2.45) is 0 Å². The monoisotopic (exact) mass is 374 g/mol. The Labute approximate surface area is 136 Å². The summed E-state index contributed by atoms with van der Waals surface area (Å²) in [5.41, 5.74) is 0. The van der Waals surface area contributed by atoms with Crippen molar-refractivity contribution in [3.8, 4) is 0 Å². The number of halogens is 1. The van der Waals surface area contributed by atoms with E-state index in [4.69, 9.17) is 5.11 Å². The van der Waals surface area contributed by atoms with Gasteiger partial charge >= 0.3 is 5.97 Å². The van der Waals surface area contributed by atoms with Crippen LogP contribution in [0.5, 0.6) is 0 Å². The largest absolute Gasteiger partial charge is 0.480 e. The maximum absolute atomic E-state index is 12.4. The molecule has 1 amide bonds. The molecular formula is C14H19BrN2O3S. The number of aliphatic carboxylic acids is 1. The third-order valence-electron chi connectivity index (χ3n) is 3.77. The smallest absolute Gasteiger partial charge is 0.317 e. The van der Waals surface area contributed by atoms with Crippen molar-refractivity contribution in [1.29, 1.82) is 0 Å². The van der Waals surface area contributed by atoms with Gasteiger partial charge in [0.25, 0.3) is 5.91 Å². The van der Waals surface area contributed by atoms with E-state index >= 15 is 0 Å². The number of carboxylic acids is 1. The molecule has 5 nitrogen and oxygen atoms in total. The molecule has 1 saturated heterocycles. The van der Waals surface area contributed by atoms with E-state index in [1.165, 1.54) is 11.3 Å². The Morgan fingerprint density at radius 3 is 2.86 bits per heavy atom. The summed E-state index contributed by atoms with van der Waals surface area (Å²) in [6, 6.07) is 2.08. The highest BCUT2D eigenvalue weighted by Crippen LogP contribution is 2.23. The number of amides is 1. The van der Waals surface area contributed by atoms with E-state index in [-0.39, 0.29) is 18.5 Å². The number of thiophene rings is 1. The van der Waals surface area contributed by atoms with E-state index in [0.29, 0.717) is 6.54 Å². The Kier molecular flexibility index (Phi) is 5.78. The predicted octanol–water partition coefficient (Wildman–Crippen LogP) is 2.52. The molecule has 116 valence electrons. The van der Waals surface area contributed by atoms with Gasteiger partial charge in [-0.2, -0.15) is 0 Å². The molecule has 7 heteroatoms. The summed E-state index contributed by atoms with van der Waals surface area (Å²) >= 11 is 4.82. The van der Waals surface area contributed by atoms with Gasteiger partial charge in [-0.1, -0.05) is 0 Å². The molecule has 1 atom stereocenters. The minimum atomic E-state index is -0.807. The number of hydrogen-bond donors (Lipinski definition) is 1. The maximum atomic E-state index is 12.4. The van der Waals surface area contributed by atoms with Crippen molar-refractivity contribution in [3.63, 3.8) is 0 Å². The molecule has 0 aliphatic carbocycles. The fourth-order valence-corrected chi connectivity index (χ4v) is 4.04. The Morgan fingerprint density at radius 1 is 1.48 bits per heavy atom. The molecule has 0 aromatic carbocycles. The minimum Gasteiger partial charge on any atom is -0.480 e. The van der Waals surface area contributed by atoms with Gasteiger partial charge < -0.3 is 10.0 Å². The number of carbonyl (C=O) groups excluding carboxylic acids is 1. The van der Waals surface area contributed by atoms with Gasteiger partial charge in [-0.05, 0) is 48.3 Å². The average molecular weight is 375 g/mol. The number of nitrogens with zero attached hydrogens (tertiary/aromatic N) is 2. The van der Waals surface area contributed by atoms with E-state index in [0.717, 1.165) is 35.2 Å². The van der Waals surface area contributed by atoms with Crippen LogP contribution in [0.4, 0.5) is 0 Å². The van der Waals surface area contributed by atoms with Crippen LogP contribution in [-0.2, 0) is 4.79 Å². The van der Waals surface area contributed by atoms with E-state index in [9.17, 15) is 9.59 Å². The van der Waals surface area contributed by atoms with Gasteiger partial charge in [-0.25, -0.2) is 0 Å².